The second kappa shape index (κ2) is 6.27. The Morgan fingerprint density at radius 1 is 1.44 bits per heavy atom. The SMILES string of the molecule is O=CCC(COc1ccc(Br)cc1)C(=O)O. The van der Waals surface area contributed by atoms with E-state index >= 15 is 0 Å². The highest BCUT2D eigenvalue weighted by Gasteiger charge is 2.17. The predicted molar refractivity (Wildman–Crippen MR) is 61.4 cm³/mol. The lowest BCUT2D eigenvalue weighted by Crippen LogP contribution is -2.21. The predicted octanol–water partition coefficient (Wildman–Crippen LogP) is 2.12. The summed E-state index contributed by atoms with van der Waals surface area (Å²) < 4.78 is 6.20. The van der Waals surface area contributed by atoms with Crippen molar-refractivity contribution >= 4 is 28.2 Å². The Kier molecular flexibility index (Phi) is 4.98. The van der Waals surface area contributed by atoms with Crippen molar-refractivity contribution in [3.8, 4) is 5.75 Å². The molecule has 0 saturated carbocycles. The smallest absolute Gasteiger partial charge is 0.310 e. The van der Waals surface area contributed by atoms with E-state index in [1.165, 1.54) is 0 Å². The molecule has 1 unspecified atom stereocenters. The van der Waals surface area contributed by atoms with Crippen LogP contribution >= 0.6 is 15.9 Å². The maximum atomic E-state index is 10.7. The van der Waals surface area contributed by atoms with E-state index < -0.39 is 11.9 Å². The Balaban J connectivity index is 2.51. The third-order valence-electron chi connectivity index (χ3n) is 1.99. The van der Waals surface area contributed by atoms with Gasteiger partial charge in [-0.15, -0.1) is 0 Å². The summed E-state index contributed by atoms with van der Waals surface area (Å²) in [6.07, 6.45) is 0.551. The molecule has 0 radical (unpaired) electrons. The van der Waals surface area contributed by atoms with Crippen LogP contribution in [0.1, 0.15) is 6.42 Å². The normalized spacial score (nSPS) is 11.8. The average Bonchev–Trinajstić information content (AvgIpc) is 2.26. The molecule has 5 heteroatoms. The Morgan fingerprint density at radius 2 is 2.06 bits per heavy atom. The van der Waals surface area contributed by atoms with Crippen LogP contribution in [-0.4, -0.2) is 24.0 Å². The zero-order valence-corrected chi connectivity index (χ0v) is 10.0. The molecular weight excluding hydrogens is 276 g/mol. The number of aldehydes is 1. The van der Waals surface area contributed by atoms with Crippen molar-refractivity contribution in [3.05, 3.63) is 28.7 Å². The van der Waals surface area contributed by atoms with Gasteiger partial charge in [0.15, 0.2) is 0 Å². The number of carbonyl (C=O) groups is 2. The molecule has 1 N–H and O–H groups in total. The molecule has 0 spiro atoms. The van der Waals surface area contributed by atoms with Gasteiger partial charge in [0.25, 0.3) is 0 Å². The van der Waals surface area contributed by atoms with Crippen LogP contribution in [-0.2, 0) is 9.59 Å². The highest BCUT2D eigenvalue weighted by atomic mass is 79.9. The Morgan fingerprint density at radius 3 is 2.56 bits per heavy atom. The van der Waals surface area contributed by atoms with Crippen LogP contribution in [0.15, 0.2) is 28.7 Å². The largest absolute Gasteiger partial charge is 0.493 e. The Hall–Kier alpha value is -1.36. The first-order valence-electron chi connectivity index (χ1n) is 4.68. The minimum Gasteiger partial charge on any atom is -0.493 e. The molecule has 0 aliphatic rings. The van der Waals surface area contributed by atoms with Gasteiger partial charge in [-0.2, -0.15) is 0 Å². The van der Waals surface area contributed by atoms with E-state index in [1.807, 2.05) is 0 Å². The average molecular weight is 287 g/mol. The zero-order chi connectivity index (χ0) is 12.0. The molecule has 0 aliphatic carbocycles. The van der Waals surface area contributed by atoms with Crippen LogP contribution in [0, 0.1) is 5.92 Å². The molecule has 4 nitrogen and oxygen atoms in total. The molecule has 0 saturated heterocycles. The first kappa shape index (κ1) is 12.7. The molecule has 1 aromatic rings. The first-order valence-corrected chi connectivity index (χ1v) is 5.47. The van der Waals surface area contributed by atoms with Crippen LogP contribution in [0.3, 0.4) is 0 Å². The van der Waals surface area contributed by atoms with Crippen LogP contribution < -0.4 is 4.74 Å². The molecule has 0 bridgehead atoms. The van der Waals surface area contributed by atoms with Crippen LogP contribution in [0.25, 0.3) is 0 Å². The van der Waals surface area contributed by atoms with Gasteiger partial charge in [0.2, 0.25) is 0 Å². The summed E-state index contributed by atoms with van der Waals surface area (Å²) in [5, 5.41) is 8.78. The van der Waals surface area contributed by atoms with Gasteiger partial charge in [-0.05, 0) is 24.3 Å². The number of aliphatic carboxylic acids is 1. The van der Waals surface area contributed by atoms with Crippen molar-refractivity contribution in [2.75, 3.05) is 6.61 Å². The van der Waals surface area contributed by atoms with Crippen molar-refractivity contribution in [2.24, 2.45) is 5.92 Å². The molecule has 1 atom stereocenters. The molecule has 1 rings (SSSR count). The van der Waals surface area contributed by atoms with Gasteiger partial charge in [0, 0.05) is 10.9 Å². The van der Waals surface area contributed by atoms with Gasteiger partial charge >= 0.3 is 5.97 Å². The number of halogens is 1. The Labute approximate surface area is 101 Å². The van der Waals surface area contributed by atoms with E-state index in [2.05, 4.69) is 15.9 Å². The van der Waals surface area contributed by atoms with Crippen molar-refractivity contribution in [1.29, 1.82) is 0 Å². The minimum absolute atomic E-state index is 0.00426. The van der Waals surface area contributed by atoms with Gasteiger partial charge in [-0.1, -0.05) is 15.9 Å². The van der Waals surface area contributed by atoms with E-state index in [0.717, 1.165) is 4.47 Å². The standard InChI is InChI=1S/C11H11BrO4/c12-9-1-3-10(4-2-9)16-7-8(5-6-13)11(14)15/h1-4,6,8H,5,7H2,(H,14,15). The number of carbonyl (C=O) groups excluding carboxylic acids is 1. The van der Waals surface area contributed by atoms with Crippen molar-refractivity contribution in [3.63, 3.8) is 0 Å². The summed E-state index contributed by atoms with van der Waals surface area (Å²) in [5.41, 5.74) is 0. The number of ether oxygens (including phenoxy) is 1. The summed E-state index contributed by atoms with van der Waals surface area (Å²) in [6, 6.07) is 7.05. The summed E-state index contributed by atoms with van der Waals surface area (Å²) in [5.74, 6) is -1.23. The molecule has 0 fully saturated rings. The molecule has 1 aromatic carbocycles. The number of hydrogen-bond acceptors (Lipinski definition) is 3. The lowest BCUT2D eigenvalue weighted by Gasteiger charge is -2.11. The van der Waals surface area contributed by atoms with E-state index in [1.54, 1.807) is 24.3 Å². The van der Waals surface area contributed by atoms with Crippen LogP contribution in [0.2, 0.25) is 0 Å². The maximum Gasteiger partial charge on any atom is 0.310 e. The monoisotopic (exact) mass is 286 g/mol. The van der Waals surface area contributed by atoms with E-state index in [0.29, 0.717) is 12.0 Å². The highest BCUT2D eigenvalue weighted by Crippen LogP contribution is 2.17. The van der Waals surface area contributed by atoms with Crippen molar-refractivity contribution < 1.29 is 19.4 Å². The van der Waals surface area contributed by atoms with Crippen LogP contribution in [0.4, 0.5) is 0 Å². The molecule has 0 amide bonds. The number of carboxylic acids is 1. The van der Waals surface area contributed by atoms with Gasteiger partial charge in [-0.3, -0.25) is 4.79 Å². The quantitative estimate of drug-likeness (QED) is 0.814. The van der Waals surface area contributed by atoms with E-state index in [4.69, 9.17) is 9.84 Å². The van der Waals surface area contributed by atoms with Gasteiger partial charge in [0.1, 0.15) is 18.6 Å². The summed E-state index contributed by atoms with van der Waals surface area (Å²) in [6.45, 7) is -0.00426. The fourth-order valence-electron chi connectivity index (χ4n) is 1.08. The molecule has 16 heavy (non-hydrogen) atoms. The van der Waals surface area contributed by atoms with Gasteiger partial charge < -0.3 is 14.6 Å². The molecule has 0 aromatic heterocycles. The molecule has 0 aliphatic heterocycles. The number of carboxylic acid groups (broad SMARTS) is 1. The molecular formula is C11H11BrO4. The topological polar surface area (TPSA) is 63.6 Å². The third kappa shape index (κ3) is 4.02. The first-order chi connectivity index (χ1) is 7.63. The summed E-state index contributed by atoms with van der Waals surface area (Å²) >= 11 is 3.28. The Bertz CT molecular complexity index is 361. The number of rotatable bonds is 6. The number of benzene rings is 1. The van der Waals surface area contributed by atoms with E-state index in [9.17, 15) is 9.59 Å². The van der Waals surface area contributed by atoms with E-state index in [-0.39, 0.29) is 13.0 Å². The fraction of sp³-hybridized carbons (Fsp3) is 0.273. The molecule has 86 valence electrons. The fourth-order valence-corrected chi connectivity index (χ4v) is 1.35. The third-order valence-corrected chi connectivity index (χ3v) is 2.52. The zero-order valence-electron chi connectivity index (χ0n) is 8.43. The van der Waals surface area contributed by atoms with Crippen molar-refractivity contribution in [2.45, 2.75) is 6.42 Å². The van der Waals surface area contributed by atoms with Gasteiger partial charge in [0.05, 0.1) is 5.92 Å². The minimum atomic E-state index is -1.02. The van der Waals surface area contributed by atoms with Crippen molar-refractivity contribution in [1.82, 2.24) is 0 Å². The summed E-state index contributed by atoms with van der Waals surface area (Å²) in [7, 11) is 0. The lowest BCUT2D eigenvalue weighted by atomic mass is 10.1. The summed E-state index contributed by atoms with van der Waals surface area (Å²) in [4.78, 5) is 21.0. The maximum absolute atomic E-state index is 10.7. The highest BCUT2D eigenvalue weighted by molar-refractivity contribution is 9.10. The van der Waals surface area contributed by atoms with Gasteiger partial charge in [-0.25, -0.2) is 0 Å². The second-order valence-electron chi connectivity index (χ2n) is 3.20. The lowest BCUT2D eigenvalue weighted by molar-refractivity contribution is -0.143. The van der Waals surface area contributed by atoms with Crippen LogP contribution in [0.5, 0.6) is 5.75 Å². The second-order valence-corrected chi connectivity index (χ2v) is 4.12. The molecule has 0 heterocycles. The number of hydrogen-bond donors (Lipinski definition) is 1.